The van der Waals surface area contributed by atoms with Crippen LogP contribution in [0.15, 0.2) is 61.1 Å². The van der Waals surface area contributed by atoms with Gasteiger partial charge in [-0.25, -0.2) is 4.39 Å². The van der Waals surface area contributed by atoms with E-state index in [4.69, 9.17) is 21.1 Å². The molecular formula is C24H18ClFN4O2. The van der Waals surface area contributed by atoms with E-state index in [0.29, 0.717) is 41.1 Å². The fraction of sp³-hybridized carbons (Fsp3) is 0.125. The van der Waals surface area contributed by atoms with Crippen molar-refractivity contribution in [2.45, 2.75) is 6.42 Å². The van der Waals surface area contributed by atoms with Gasteiger partial charge in [-0.1, -0.05) is 11.6 Å². The minimum atomic E-state index is -0.533. The van der Waals surface area contributed by atoms with Gasteiger partial charge in [0.2, 0.25) is 0 Å². The van der Waals surface area contributed by atoms with Crippen molar-refractivity contribution in [1.82, 2.24) is 9.97 Å². The van der Waals surface area contributed by atoms with Gasteiger partial charge in [0.15, 0.2) is 11.5 Å². The molecule has 1 N–H and O–H groups in total. The number of ether oxygens (including phenoxy) is 2. The average molecular weight is 449 g/mol. The Morgan fingerprint density at radius 1 is 1.12 bits per heavy atom. The molecule has 0 unspecified atom stereocenters. The number of nitrogens with zero attached hydrogens (tertiary/aromatic N) is 3. The van der Waals surface area contributed by atoms with Crippen molar-refractivity contribution in [2.24, 2.45) is 0 Å². The number of hydrogen-bond acceptors (Lipinski definition) is 6. The predicted octanol–water partition coefficient (Wildman–Crippen LogP) is 5.67. The largest absolute Gasteiger partial charge is 0.493 e. The van der Waals surface area contributed by atoms with Gasteiger partial charge >= 0.3 is 0 Å². The molecule has 0 saturated heterocycles. The number of anilines is 2. The molecular weight excluding hydrogens is 431 g/mol. The SMILES string of the molecule is COc1cc2c(Nc3ccc(Cl)cc3F)c(C#N)cnc2cc1OCCc1ccncc1. The van der Waals surface area contributed by atoms with E-state index in [1.54, 1.807) is 30.6 Å². The molecule has 6 nitrogen and oxygen atoms in total. The number of pyridine rings is 2. The van der Waals surface area contributed by atoms with E-state index in [1.165, 1.54) is 25.4 Å². The fourth-order valence-corrected chi connectivity index (χ4v) is 3.40. The summed E-state index contributed by atoms with van der Waals surface area (Å²) in [6.45, 7) is 0.434. The molecule has 4 aromatic rings. The van der Waals surface area contributed by atoms with E-state index in [0.717, 1.165) is 5.56 Å². The summed E-state index contributed by atoms with van der Waals surface area (Å²) in [6, 6.07) is 13.7. The summed E-state index contributed by atoms with van der Waals surface area (Å²) in [5, 5.41) is 13.4. The van der Waals surface area contributed by atoms with Crippen molar-refractivity contribution in [3.05, 3.63) is 83.0 Å². The Hall–Kier alpha value is -3.89. The van der Waals surface area contributed by atoms with Crippen molar-refractivity contribution in [3.63, 3.8) is 0 Å². The summed E-state index contributed by atoms with van der Waals surface area (Å²) in [4.78, 5) is 8.38. The van der Waals surface area contributed by atoms with Gasteiger partial charge in [-0.2, -0.15) is 5.26 Å². The van der Waals surface area contributed by atoms with Gasteiger partial charge in [0, 0.05) is 41.5 Å². The second kappa shape index (κ2) is 9.50. The number of fused-ring (bicyclic) bond motifs is 1. The zero-order chi connectivity index (χ0) is 22.5. The van der Waals surface area contributed by atoms with Crippen LogP contribution in [0.2, 0.25) is 5.02 Å². The highest BCUT2D eigenvalue weighted by molar-refractivity contribution is 6.30. The van der Waals surface area contributed by atoms with Gasteiger partial charge in [-0.05, 0) is 42.0 Å². The zero-order valence-corrected chi connectivity index (χ0v) is 17.9. The Morgan fingerprint density at radius 2 is 1.94 bits per heavy atom. The first kappa shape index (κ1) is 21.3. The summed E-state index contributed by atoms with van der Waals surface area (Å²) < 4.78 is 25.8. The van der Waals surface area contributed by atoms with Crippen LogP contribution in [0, 0.1) is 17.1 Å². The van der Waals surface area contributed by atoms with Gasteiger partial charge in [0.25, 0.3) is 0 Å². The number of aromatic nitrogens is 2. The Balaban J connectivity index is 1.68. The van der Waals surface area contributed by atoms with Crippen LogP contribution in [-0.2, 0) is 6.42 Å². The number of nitrogens with one attached hydrogen (secondary N) is 1. The maximum absolute atomic E-state index is 14.4. The molecule has 8 heteroatoms. The number of benzene rings is 2. The number of nitriles is 1. The smallest absolute Gasteiger partial charge is 0.163 e. The third kappa shape index (κ3) is 4.56. The summed E-state index contributed by atoms with van der Waals surface area (Å²) in [5.74, 6) is 0.466. The Kier molecular flexibility index (Phi) is 6.34. The highest BCUT2D eigenvalue weighted by atomic mass is 35.5. The molecule has 0 bridgehead atoms. The highest BCUT2D eigenvalue weighted by Gasteiger charge is 2.16. The molecule has 0 aliphatic rings. The highest BCUT2D eigenvalue weighted by Crippen LogP contribution is 2.37. The third-order valence-corrected chi connectivity index (χ3v) is 5.10. The van der Waals surface area contributed by atoms with Gasteiger partial charge < -0.3 is 14.8 Å². The molecule has 32 heavy (non-hydrogen) atoms. The molecule has 0 atom stereocenters. The van der Waals surface area contributed by atoms with Gasteiger partial charge in [0.1, 0.15) is 11.9 Å². The van der Waals surface area contributed by atoms with Crippen LogP contribution in [-0.4, -0.2) is 23.7 Å². The second-order valence-electron chi connectivity index (χ2n) is 6.88. The summed E-state index contributed by atoms with van der Waals surface area (Å²) >= 11 is 5.85. The second-order valence-corrected chi connectivity index (χ2v) is 7.32. The van der Waals surface area contributed by atoms with Crippen molar-refractivity contribution < 1.29 is 13.9 Å². The molecule has 160 valence electrons. The lowest BCUT2D eigenvalue weighted by molar-refractivity contribution is 0.298. The van der Waals surface area contributed by atoms with Crippen LogP contribution in [0.3, 0.4) is 0 Å². The lowest BCUT2D eigenvalue weighted by Crippen LogP contribution is -2.04. The Labute approximate surface area is 189 Å². The maximum atomic E-state index is 14.4. The summed E-state index contributed by atoms with van der Waals surface area (Å²) in [7, 11) is 1.53. The van der Waals surface area contributed by atoms with E-state index < -0.39 is 5.82 Å². The van der Waals surface area contributed by atoms with Crippen LogP contribution in [0.5, 0.6) is 11.5 Å². The fourth-order valence-electron chi connectivity index (χ4n) is 3.25. The lowest BCUT2D eigenvalue weighted by Gasteiger charge is -2.16. The number of rotatable bonds is 7. The monoisotopic (exact) mass is 448 g/mol. The minimum Gasteiger partial charge on any atom is -0.493 e. The van der Waals surface area contributed by atoms with E-state index in [9.17, 15) is 9.65 Å². The molecule has 0 fully saturated rings. The number of hydrogen-bond donors (Lipinski definition) is 1. The molecule has 0 spiro atoms. The zero-order valence-electron chi connectivity index (χ0n) is 17.1. The molecule has 2 aromatic carbocycles. The Bertz CT molecular complexity index is 1310. The average Bonchev–Trinajstić information content (AvgIpc) is 2.81. The normalized spacial score (nSPS) is 10.6. The molecule has 0 aliphatic heterocycles. The number of methoxy groups -OCH3 is 1. The minimum absolute atomic E-state index is 0.190. The molecule has 0 aliphatic carbocycles. The van der Waals surface area contributed by atoms with E-state index in [2.05, 4.69) is 21.4 Å². The van der Waals surface area contributed by atoms with Crippen LogP contribution in [0.4, 0.5) is 15.8 Å². The van der Waals surface area contributed by atoms with Crippen LogP contribution in [0.1, 0.15) is 11.1 Å². The molecule has 2 aromatic heterocycles. The first-order chi connectivity index (χ1) is 15.6. The van der Waals surface area contributed by atoms with Crippen molar-refractivity contribution >= 4 is 33.9 Å². The summed E-state index contributed by atoms with van der Waals surface area (Å²) in [5.41, 5.74) is 2.55. The van der Waals surface area contributed by atoms with Crippen molar-refractivity contribution in [3.8, 4) is 17.6 Å². The molecule has 0 radical (unpaired) electrons. The molecule has 4 rings (SSSR count). The first-order valence-corrected chi connectivity index (χ1v) is 10.1. The standard InChI is InChI=1S/C24H18ClFN4O2/c1-31-22-11-18-21(12-23(22)32-9-6-15-4-7-28-8-5-15)29-14-16(13-27)24(18)30-20-3-2-17(25)10-19(20)26/h2-5,7-8,10-12,14H,6,9H2,1H3,(H,29,30). The predicted molar refractivity (Wildman–Crippen MR) is 121 cm³/mol. The van der Waals surface area contributed by atoms with Gasteiger partial charge in [-0.15, -0.1) is 0 Å². The number of halogens is 2. The summed E-state index contributed by atoms with van der Waals surface area (Å²) in [6.07, 6.45) is 5.61. The van der Waals surface area contributed by atoms with Crippen molar-refractivity contribution in [2.75, 3.05) is 19.0 Å². The first-order valence-electron chi connectivity index (χ1n) is 9.73. The maximum Gasteiger partial charge on any atom is 0.163 e. The molecule has 2 heterocycles. The van der Waals surface area contributed by atoms with Gasteiger partial charge in [-0.3, -0.25) is 9.97 Å². The van der Waals surface area contributed by atoms with Crippen LogP contribution in [0.25, 0.3) is 10.9 Å². The molecule has 0 amide bonds. The van der Waals surface area contributed by atoms with Gasteiger partial charge in [0.05, 0.1) is 36.2 Å². The van der Waals surface area contributed by atoms with Crippen LogP contribution < -0.4 is 14.8 Å². The topological polar surface area (TPSA) is 80.1 Å². The van der Waals surface area contributed by atoms with Crippen LogP contribution >= 0.6 is 11.6 Å². The quantitative estimate of drug-likeness (QED) is 0.392. The Morgan fingerprint density at radius 3 is 2.66 bits per heavy atom. The lowest BCUT2D eigenvalue weighted by atomic mass is 10.1. The van der Waals surface area contributed by atoms with E-state index >= 15 is 0 Å². The van der Waals surface area contributed by atoms with E-state index in [1.807, 2.05) is 12.1 Å². The third-order valence-electron chi connectivity index (χ3n) is 4.86. The van der Waals surface area contributed by atoms with E-state index in [-0.39, 0.29) is 16.3 Å². The van der Waals surface area contributed by atoms with Crippen molar-refractivity contribution in [1.29, 1.82) is 5.26 Å². The molecule has 0 saturated carbocycles.